The van der Waals surface area contributed by atoms with E-state index in [2.05, 4.69) is 0 Å². The van der Waals surface area contributed by atoms with E-state index in [0.717, 1.165) is 12.1 Å². The second kappa shape index (κ2) is 6.93. The van der Waals surface area contributed by atoms with E-state index in [1.54, 1.807) is 0 Å². The Balaban J connectivity index is 2.87. The monoisotopic (exact) mass is 256 g/mol. The molecule has 5 nitrogen and oxygen atoms in total. The van der Waals surface area contributed by atoms with Crippen molar-refractivity contribution in [3.63, 3.8) is 0 Å². The molecule has 1 aromatic rings. The van der Waals surface area contributed by atoms with Crippen LogP contribution < -0.4 is 5.73 Å². The molecular weight excluding hydrogens is 239 g/mol. The van der Waals surface area contributed by atoms with Crippen molar-refractivity contribution in [2.75, 3.05) is 33.4 Å². The molecule has 1 aromatic carbocycles. The molecule has 3 N–H and O–H groups in total. The van der Waals surface area contributed by atoms with Crippen LogP contribution >= 0.6 is 0 Å². The van der Waals surface area contributed by atoms with Gasteiger partial charge in [-0.2, -0.15) is 0 Å². The van der Waals surface area contributed by atoms with Gasteiger partial charge in [0.05, 0.1) is 12.2 Å². The van der Waals surface area contributed by atoms with Crippen molar-refractivity contribution in [3.05, 3.63) is 29.6 Å². The van der Waals surface area contributed by atoms with E-state index in [1.807, 2.05) is 0 Å². The summed E-state index contributed by atoms with van der Waals surface area (Å²) in [5, 5.41) is 9.55. The lowest BCUT2D eigenvalue weighted by molar-refractivity contribution is 0.0698. The summed E-state index contributed by atoms with van der Waals surface area (Å²) in [7, 11) is 1.53. The zero-order valence-corrected chi connectivity index (χ0v) is 10.2. The third-order valence-corrected chi connectivity index (χ3v) is 2.44. The van der Waals surface area contributed by atoms with Crippen LogP contribution in [0.2, 0.25) is 0 Å². The van der Waals surface area contributed by atoms with Crippen LogP contribution in [0.1, 0.15) is 10.4 Å². The molecule has 1 rings (SSSR count). The Bertz CT molecular complexity index is 412. The number of hydrogen-bond acceptors (Lipinski definition) is 4. The molecule has 18 heavy (non-hydrogen) atoms. The second-order valence-electron chi connectivity index (χ2n) is 3.74. The van der Waals surface area contributed by atoms with Crippen LogP contribution in [-0.2, 0) is 4.74 Å². The largest absolute Gasteiger partial charge is 0.507 e. The number of aromatic hydroxyl groups is 1. The highest BCUT2D eigenvalue weighted by Crippen LogP contribution is 2.19. The van der Waals surface area contributed by atoms with Crippen molar-refractivity contribution in [1.82, 2.24) is 4.90 Å². The molecule has 6 heteroatoms. The molecule has 0 spiro atoms. The van der Waals surface area contributed by atoms with Gasteiger partial charge in [-0.1, -0.05) is 0 Å². The first-order valence-electron chi connectivity index (χ1n) is 5.57. The molecule has 0 fully saturated rings. The Kier molecular flexibility index (Phi) is 5.54. The lowest BCUT2D eigenvalue weighted by Crippen LogP contribution is -2.37. The quantitative estimate of drug-likeness (QED) is 0.780. The molecule has 0 bridgehead atoms. The molecule has 0 radical (unpaired) electrons. The summed E-state index contributed by atoms with van der Waals surface area (Å²) < 4.78 is 17.7. The van der Waals surface area contributed by atoms with Crippen LogP contribution in [0.3, 0.4) is 0 Å². The van der Waals surface area contributed by atoms with Crippen molar-refractivity contribution < 1.29 is 19.0 Å². The highest BCUT2D eigenvalue weighted by atomic mass is 19.1. The molecule has 0 saturated carbocycles. The zero-order chi connectivity index (χ0) is 13.5. The molecule has 100 valence electrons. The summed E-state index contributed by atoms with van der Waals surface area (Å²) in [6.07, 6.45) is 0. The van der Waals surface area contributed by atoms with Crippen molar-refractivity contribution in [2.45, 2.75) is 0 Å². The smallest absolute Gasteiger partial charge is 0.257 e. The number of hydrogen-bond donors (Lipinski definition) is 2. The van der Waals surface area contributed by atoms with E-state index >= 15 is 0 Å². The Morgan fingerprint density at radius 1 is 1.50 bits per heavy atom. The highest BCUT2D eigenvalue weighted by molar-refractivity contribution is 5.96. The minimum atomic E-state index is -0.591. The number of carbonyl (C=O) groups is 1. The van der Waals surface area contributed by atoms with Gasteiger partial charge < -0.3 is 20.5 Å². The lowest BCUT2D eigenvalue weighted by atomic mass is 10.1. The van der Waals surface area contributed by atoms with E-state index in [1.165, 1.54) is 18.1 Å². The molecule has 0 aliphatic rings. The topological polar surface area (TPSA) is 75.8 Å². The fraction of sp³-hybridized carbons (Fsp3) is 0.417. The molecular formula is C12H17FN2O3. The maximum absolute atomic E-state index is 12.8. The number of amides is 1. The average molecular weight is 256 g/mol. The SMILES string of the molecule is COCCN(CCN)C(=O)c1ccc(F)cc1O. The van der Waals surface area contributed by atoms with E-state index in [9.17, 15) is 14.3 Å². The van der Waals surface area contributed by atoms with Gasteiger partial charge in [-0.25, -0.2) is 4.39 Å². The Morgan fingerprint density at radius 3 is 2.78 bits per heavy atom. The second-order valence-corrected chi connectivity index (χ2v) is 3.74. The van der Waals surface area contributed by atoms with Gasteiger partial charge in [0.2, 0.25) is 0 Å². The number of halogens is 1. The standard InChI is InChI=1S/C12H17FN2O3/c1-18-7-6-15(5-4-14)12(17)10-3-2-9(13)8-11(10)16/h2-3,8,16H,4-7,14H2,1H3. The van der Waals surface area contributed by atoms with Gasteiger partial charge in [-0.3, -0.25) is 4.79 Å². The summed E-state index contributed by atoms with van der Waals surface area (Å²) in [6, 6.07) is 3.29. The number of phenolic OH excluding ortho intramolecular Hbond substituents is 1. The number of ether oxygens (including phenoxy) is 1. The van der Waals surface area contributed by atoms with E-state index in [0.29, 0.717) is 26.2 Å². The van der Waals surface area contributed by atoms with Crippen LogP contribution in [0.15, 0.2) is 18.2 Å². The van der Waals surface area contributed by atoms with Gasteiger partial charge in [0.15, 0.2) is 0 Å². The first-order chi connectivity index (χ1) is 8.60. The van der Waals surface area contributed by atoms with E-state index < -0.39 is 11.7 Å². The van der Waals surface area contributed by atoms with Gasteiger partial charge in [0.1, 0.15) is 11.6 Å². The summed E-state index contributed by atoms with van der Waals surface area (Å²) in [4.78, 5) is 13.6. The third-order valence-electron chi connectivity index (χ3n) is 2.44. The van der Waals surface area contributed by atoms with Gasteiger partial charge in [0, 0.05) is 32.8 Å². The normalized spacial score (nSPS) is 10.4. The number of phenols is 1. The van der Waals surface area contributed by atoms with Crippen LogP contribution in [0.4, 0.5) is 4.39 Å². The summed E-state index contributed by atoms with van der Waals surface area (Å²) in [5.74, 6) is -1.36. The Morgan fingerprint density at radius 2 is 2.22 bits per heavy atom. The Hall–Kier alpha value is -1.66. The van der Waals surface area contributed by atoms with E-state index in [4.69, 9.17) is 10.5 Å². The van der Waals surface area contributed by atoms with Gasteiger partial charge in [-0.15, -0.1) is 0 Å². The molecule has 0 aliphatic heterocycles. The minimum absolute atomic E-state index is 0.0564. The van der Waals surface area contributed by atoms with Gasteiger partial charge in [0.25, 0.3) is 5.91 Å². The maximum atomic E-state index is 12.8. The predicted octanol–water partition coefficient (Wildman–Crippen LogP) is 0.579. The number of carbonyl (C=O) groups excluding carboxylic acids is 1. The zero-order valence-electron chi connectivity index (χ0n) is 10.2. The molecule has 0 heterocycles. The van der Waals surface area contributed by atoms with Crippen LogP contribution in [0.25, 0.3) is 0 Å². The molecule has 1 amide bonds. The average Bonchev–Trinajstić information content (AvgIpc) is 2.33. The predicted molar refractivity (Wildman–Crippen MR) is 64.9 cm³/mol. The summed E-state index contributed by atoms with van der Waals surface area (Å²) in [6.45, 7) is 1.38. The van der Waals surface area contributed by atoms with Crippen molar-refractivity contribution in [1.29, 1.82) is 0 Å². The number of nitrogens with zero attached hydrogens (tertiary/aromatic N) is 1. The molecule has 0 aliphatic carbocycles. The molecule has 0 unspecified atom stereocenters. The first kappa shape index (κ1) is 14.4. The Labute approximate surface area is 105 Å². The number of nitrogens with two attached hydrogens (primary N) is 1. The van der Waals surface area contributed by atoms with Crippen molar-refractivity contribution in [3.8, 4) is 5.75 Å². The molecule has 0 saturated heterocycles. The minimum Gasteiger partial charge on any atom is -0.507 e. The van der Waals surface area contributed by atoms with E-state index in [-0.39, 0.29) is 11.3 Å². The third kappa shape index (κ3) is 3.68. The number of methoxy groups -OCH3 is 1. The van der Waals surface area contributed by atoms with Crippen molar-refractivity contribution >= 4 is 5.91 Å². The number of benzene rings is 1. The lowest BCUT2D eigenvalue weighted by Gasteiger charge is -2.22. The van der Waals surface area contributed by atoms with Gasteiger partial charge >= 0.3 is 0 Å². The fourth-order valence-corrected chi connectivity index (χ4v) is 1.53. The van der Waals surface area contributed by atoms with Crippen LogP contribution in [-0.4, -0.2) is 49.3 Å². The maximum Gasteiger partial charge on any atom is 0.257 e. The van der Waals surface area contributed by atoms with Crippen LogP contribution in [0, 0.1) is 5.82 Å². The highest BCUT2D eigenvalue weighted by Gasteiger charge is 2.18. The molecule has 0 aromatic heterocycles. The molecule has 0 atom stereocenters. The summed E-state index contributed by atoms with van der Waals surface area (Å²) >= 11 is 0. The van der Waals surface area contributed by atoms with Crippen LogP contribution in [0.5, 0.6) is 5.75 Å². The first-order valence-corrected chi connectivity index (χ1v) is 5.57. The van der Waals surface area contributed by atoms with Gasteiger partial charge in [-0.05, 0) is 12.1 Å². The summed E-state index contributed by atoms with van der Waals surface area (Å²) in [5.41, 5.74) is 5.48. The number of rotatable bonds is 6. The fourth-order valence-electron chi connectivity index (χ4n) is 1.53. The van der Waals surface area contributed by atoms with Crippen molar-refractivity contribution in [2.24, 2.45) is 5.73 Å².